The van der Waals surface area contributed by atoms with Crippen molar-refractivity contribution in [1.29, 1.82) is 0 Å². The molecule has 0 atom stereocenters. The summed E-state index contributed by atoms with van der Waals surface area (Å²) in [6.45, 7) is 1.29. The summed E-state index contributed by atoms with van der Waals surface area (Å²) < 4.78 is 0. The van der Waals surface area contributed by atoms with E-state index in [4.69, 9.17) is 0 Å². The molecular formula is C13H10O2S. The molecule has 16 heavy (non-hydrogen) atoms. The van der Waals surface area contributed by atoms with E-state index < -0.39 is 11.6 Å². The molecule has 0 unspecified atom stereocenters. The summed E-state index contributed by atoms with van der Waals surface area (Å²) in [6.07, 6.45) is 0. The smallest absolute Gasteiger partial charge is 0.228 e. The summed E-state index contributed by atoms with van der Waals surface area (Å²) in [5, 5.41) is 2.00. The molecule has 0 bridgehead atoms. The maximum Gasteiger partial charge on any atom is 0.228 e. The lowest BCUT2D eigenvalue weighted by Crippen LogP contribution is -2.09. The molecule has 1 aromatic heterocycles. The van der Waals surface area contributed by atoms with Crippen LogP contribution in [0.3, 0.4) is 0 Å². The van der Waals surface area contributed by atoms with Crippen molar-refractivity contribution in [3.05, 3.63) is 47.3 Å². The molecule has 0 saturated heterocycles. The van der Waals surface area contributed by atoms with Gasteiger partial charge in [0.2, 0.25) is 5.78 Å². The third-order valence-corrected chi connectivity index (χ3v) is 3.19. The fourth-order valence-electron chi connectivity index (χ4n) is 1.43. The predicted molar refractivity (Wildman–Crippen MR) is 64.8 cm³/mol. The van der Waals surface area contributed by atoms with E-state index in [1.165, 1.54) is 6.92 Å². The van der Waals surface area contributed by atoms with Crippen LogP contribution in [-0.4, -0.2) is 11.6 Å². The van der Waals surface area contributed by atoms with E-state index >= 15 is 0 Å². The van der Waals surface area contributed by atoms with E-state index in [0.29, 0.717) is 5.56 Å². The molecule has 1 heterocycles. The van der Waals surface area contributed by atoms with Crippen LogP contribution in [0.4, 0.5) is 0 Å². The Bertz CT molecular complexity index is 509. The van der Waals surface area contributed by atoms with Crippen molar-refractivity contribution in [2.75, 3.05) is 0 Å². The van der Waals surface area contributed by atoms with Crippen LogP contribution in [0.15, 0.2) is 41.8 Å². The van der Waals surface area contributed by atoms with Gasteiger partial charge in [0.05, 0.1) is 0 Å². The Morgan fingerprint density at radius 3 is 2.25 bits per heavy atom. The zero-order valence-corrected chi connectivity index (χ0v) is 9.58. The number of thiophene rings is 1. The Morgan fingerprint density at radius 2 is 1.75 bits per heavy atom. The molecule has 2 aromatic rings. The Morgan fingerprint density at radius 1 is 1.06 bits per heavy atom. The number of carbonyl (C=O) groups excluding carboxylic acids is 2. The van der Waals surface area contributed by atoms with E-state index in [1.807, 2.05) is 29.6 Å². The number of hydrogen-bond acceptors (Lipinski definition) is 3. The van der Waals surface area contributed by atoms with Gasteiger partial charge in [-0.05, 0) is 17.0 Å². The lowest BCUT2D eigenvalue weighted by molar-refractivity contribution is -0.113. The van der Waals surface area contributed by atoms with Crippen LogP contribution in [0.25, 0.3) is 10.4 Å². The number of Topliss-reactive ketones (excluding diaryl/α,β-unsaturated/α-hetero) is 2. The highest BCUT2D eigenvalue weighted by Gasteiger charge is 2.10. The molecule has 0 radical (unpaired) electrons. The lowest BCUT2D eigenvalue weighted by Gasteiger charge is -1.99. The molecule has 0 aliphatic carbocycles. The number of hydrogen-bond donors (Lipinski definition) is 0. The van der Waals surface area contributed by atoms with Crippen LogP contribution in [0.1, 0.15) is 17.3 Å². The van der Waals surface area contributed by atoms with Gasteiger partial charge in [-0.3, -0.25) is 9.59 Å². The molecule has 0 fully saturated rings. The van der Waals surface area contributed by atoms with Crippen molar-refractivity contribution in [3.63, 3.8) is 0 Å². The summed E-state index contributed by atoms with van der Waals surface area (Å²) in [5.74, 6) is -0.860. The maximum absolute atomic E-state index is 11.4. The van der Waals surface area contributed by atoms with Crippen LogP contribution < -0.4 is 0 Å². The molecule has 0 N–H and O–H groups in total. The third-order valence-electron chi connectivity index (χ3n) is 2.27. The normalized spacial score (nSPS) is 10.1. The maximum atomic E-state index is 11.4. The summed E-state index contributed by atoms with van der Waals surface area (Å²) in [4.78, 5) is 23.5. The van der Waals surface area contributed by atoms with Gasteiger partial charge < -0.3 is 0 Å². The second-order valence-corrected chi connectivity index (χ2v) is 4.39. The van der Waals surface area contributed by atoms with Gasteiger partial charge in [0, 0.05) is 17.4 Å². The molecule has 0 aliphatic rings. The molecule has 80 valence electrons. The van der Waals surface area contributed by atoms with Crippen LogP contribution in [-0.2, 0) is 4.79 Å². The SMILES string of the molecule is CC(=O)C(=O)c1ccc(-c2cccs2)cc1. The average molecular weight is 230 g/mol. The molecule has 3 heteroatoms. The number of carbonyl (C=O) groups is 2. The monoisotopic (exact) mass is 230 g/mol. The van der Waals surface area contributed by atoms with Crippen molar-refractivity contribution in [2.45, 2.75) is 6.92 Å². The molecule has 0 amide bonds. The Hall–Kier alpha value is -1.74. The third kappa shape index (κ3) is 2.09. The lowest BCUT2D eigenvalue weighted by atomic mass is 10.1. The molecule has 0 spiro atoms. The van der Waals surface area contributed by atoms with Crippen LogP contribution >= 0.6 is 11.3 Å². The van der Waals surface area contributed by atoms with Gasteiger partial charge in [-0.2, -0.15) is 0 Å². The van der Waals surface area contributed by atoms with E-state index in [0.717, 1.165) is 10.4 Å². The van der Waals surface area contributed by atoms with Gasteiger partial charge in [-0.25, -0.2) is 0 Å². The Balaban J connectivity index is 2.30. The molecule has 2 rings (SSSR count). The van der Waals surface area contributed by atoms with E-state index in [1.54, 1.807) is 23.5 Å². The van der Waals surface area contributed by atoms with Crippen molar-refractivity contribution < 1.29 is 9.59 Å². The fraction of sp³-hybridized carbons (Fsp3) is 0.0769. The van der Waals surface area contributed by atoms with Crippen molar-refractivity contribution in [2.24, 2.45) is 0 Å². The largest absolute Gasteiger partial charge is 0.291 e. The molecule has 2 nitrogen and oxygen atoms in total. The first-order chi connectivity index (χ1) is 7.68. The Kier molecular flexibility index (Phi) is 2.97. The van der Waals surface area contributed by atoms with E-state index in [2.05, 4.69) is 0 Å². The standard InChI is InChI=1S/C13H10O2S/c1-9(14)13(15)11-6-4-10(5-7-11)12-3-2-8-16-12/h2-8H,1H3. The first kappa shape index (κ1) is 10.8. The molecule has 1 aromatic carbocycles. The minimum Gasteiger partial charge on any atom is -0.291 e. The van der Waals surface area contributed by atoms with Crippen LogP contribution in [0, 0.1) is 0 Å². The first-order valence-electron chi connectivity index (χ1n) is 4.87. The number of rotatable bonds is 3. The number of benzene rings is 1. The number of ketones is 2. The van der Waals surface area contributed by atoms with Crippen LogP contribution in [0.2, 0.25) is 0 Å². The van der Waals surface area contributed by atoms with E-state index in [-0.39, 0.29) is 0 Å². The van der Waals surface area contributed by atoms with Crippen molar-refractivity contribution in [3.8, 4) is 10.4 Å². The van der Waals surface area contributed by atoms with Gasteiger partial charge in [0.1, 0.15) is 0 Å². The highest BCUT2D eigenvalue weighted by atomic mass is 32.1. The highest BCUT2D eigenvalue weighted by Crippen LogP contribution is 2.24. The summed E-state index contributed by atoms with van der Waals surface area (Å²) >= 11 is 1.64. The van der Waals surface area contributed by atoms with E-state index in [9.17, 15) is 9.59 Å². The minimum absolute atomic E-state index is 0.427. The first-order valence-corrected chi connectivity index (χ1v) is 5.75. The quantitative estimate of drug-likeness (QED) is 0.599. The van der Waals surface area contributed by atoms with Gasteiger partial charge in [0.25, 0.3) is 0 Å². The predicted octanol–water partition coefficient (Wildman–Crippen LogP) is 3.19. The zero-order valence-electron chi connectivity index (χ0n) is 8.77. The van der Waals surface area contributed by atoms with Gasteiger partial charge in [-0.1, -0.05) is 30.3 Å². The summed E-state index contributed by atoms with van der Waals surface area (Å²) in [5.41, 5.74) is 1.52. The summed E-state index contributed by atoms with van der Waals surface area (Å²) in [7, 11) is 0. The molecule has 0 aliphatic heterocycles. The van der Waals surface area contributed by atoms with Gasteiger partial charge >= 0.3 is 0 Å². The summed E-state index contributed by atoms with van der Waals surface area (Å²) in [6, 6.07) is 11.1. The highest BCUT2D eigenvalue weighted by molar-refractivity contribution is 7.13. The van der Waals surface area contributed by atoms with Crippen LogP contribution in [0.5, 0.6) is 0 Å². The molecular weight excluding hydrogens is 220 g/mol. The topological polar surface area (TPSA) is 34.1 Å². The van der Waals surface area contributed by atoms with Crippen molar-refractivity contribution >= 4 is 22.9 Å². The minimum atomic E-state index is -0.433. The second kappa shape index (κ2) is 4.41. The average Bonchev–Trinajstić information content (AvgIpc) is 2.81. The Labute approximate surface area is 97.5 Å². The van der Waals surface area contributed by atoms with Gasteiger partial charge in [0.15, 0.2) is 5.78 Å². The molecule has 0 saturated carbocycles. The second-order valence-electron chi connectivity index (χ2n) is 3.44. The van der Waals surface area contributed by atoms with Gasteiger partial charge in [-0.15, -0.1) is 11.3 Å². The zero-order chi connectivity index (χ0) is 11.5. The fourth-order valence-corrected chi connectivity index (χ4v) is 2.16. The van der Waals surface area contributed by atoms with Crippen molar-refractivity contribution in [1.82, 2.24) is 0 Å².